The van der Waals surface area contributed by atoms with Gasteiger partial charge in [0.1, 0.15) is 0 Å². The van der Waals surface area contributed by atoms with Gasteiger partial charge < -0.3 is 9.64 Å². The molecule has 26 heavy (non-hydrogen) atoms. The van der Waals surface area contributed by atoms with Crippen molar-refractivity contribution in [2.75, 3.05) is 31.2 Å². The minimum atomic E-state index is -1.09. The molecule has 1 saturated carbocycles. The molecule has 1 aromatic rings. The first-order chi connectivity index (χ1) is 12.3. The van der Waals surface area contributed by atoms with Crippen molar-refractivity contribution in [3.8, 4) is 0 Å². The van der Waals surface area contributed by atoms with Gasteiger partial charge in [0, 0.05) is 24.8 Å². The van der Waals surface area contributed by atoms with Crippen LogP contribution in [0, 0.1) is 5.92 Å². The van der Waals surface area contributed by atoms with Crippen LogP contribution in [-0.4, -0.2) is 35.3 Å². The SMILES string of the molecule is C[C@H](NS(=O)C(C)(C)C)c1ccc(N2CCOCC2)cc1/C=C/C1CC1. The second-order valence-electron chi connectivity index (χ2n) is 8.33. The molecule has 1 aliphatic heterocycles. The molecular formula is C21H32N2O2S. The van der Waals surface area contributed by atoms with E-state index in [1.165, 1.54) is 29.7 Å². The minimum absolute atomic E-state index is 0.0349. The van der Waals surface area contributed by atoms with Gasteiger partial charge in [0.25, 0.3) is 0 Å². The third-order valence-corrected chi connectivity index (χ3v) is 6.60. The van der Waals surface area contributed by atoms with Crippen LogP contribution in [0.15, 0.2) is 24.3 Å². The molecule has 0 radical (unpaired) electrons. The maximum absolute atomic E-state index is 12.5. The topological polar surface area (TPSA) is 41.6 Å². The van der Waals surface area contributed by atoms with Gasteiger partial charge in [0.05, 0.1) is 28.9 Å². The van der Waals surface area contributed by atoms with Crippen molar-refractivity contribution in [3.63, 3.8) is 0 Å². The Morgan fingerprint density at radius 2 is 1.96 bits per heavy atom. The van der Waals surface area contributed by atoms with Crippen molar-refractivity contribution in [1.82, 2.24) is 4.72 Å². The van der Waals surface area contributed by atoms with Crippen molar-refractivity contribution in [1.29, 1.82) is 0 Å². The lowest BCUT2D eigenvalue weighted by molar-refractivity contribution is 0.122. The summed E-state index contributed by atoms with van der Waals surface area (Å²) in [6.07, 6.45) is 7.19. The highest BCUT2D eigenvalue weighted by Crippen LogP contribution is 2.33. The average molecular weight is 377 g/mol. The van der Waals surface area contributed by atoms with E-state index in [0.717, 1.165) is 32.2 Å². The normalized spacial score (nSPS) is 21.2. The Morgan fingerprint density at radius 3 is 2.58 bits per heavy atom. The first kappa shape index (κ1) is 19.6. The zero-order chi connectivity index (χ0) is 18.7. The molecule has 0 aromatic heterocycles. The van der Waals surface area contributed by atoms with Gasteiger partial charge >= 0.3 is 0 Å². The van der Waals surface area contributed by atoms with E-state index in [1.54, 1.807) is 0 Å². The molecule has 0 spiro atoms. The third-order valence-electron chi connectivity index (χ3n) is 4.92. The molecule has 2 aliphatic rings. The summed E-state index contributed by atoms with van der Waals surface area (Å²) in [5, 5.41) is 0. The number of hydrogen-bond donors (Lipinski definition) is 1. The highest BCUT2D eigenvalue weighted by molar-refractivity contribution is 7.84. The molecule has 1 saturated heterocycles. The van der Waals surface area contributed by atoms with Crippen LogP contribution >= 0.6 is 0 Å². The zero-order valence-electron chi connectivity index (χ0n) is 16.5. The summed E-state index contributed by atoms with van der Waals surface area (Å²) in [5.74, 6) is 0.738. The van der Waals surface area contributed by atoms with E-state index >= 15 is 0 Å². The van der Waals surface area contributed by atoms with Gasteiger partial charge in [-0.1, -0.05) is 18.2 Å². The Kier molecular flexibility index (Phi) is 6.21. The van der Waals surface area contributed by atoms with Crippen molar-refractivity contribution in [3.05, 3.63) is 35.4 Å². The summed E-state index contributed by atoms with van der Waals surface area (Å²) in [5.41, 5.74) is 3.68. The first-order valence-corrected chi connectivity index (χ1v) is 10.8. The largest absolute Gasteiger partial charge is 0.378 e. The Bertz CT molecular complexity index is 671. The molecule has 5 heteroatoms. The van der Waals surface area contributed by atoms with Crippen LogP contribution in [-0.2, 0) is 15.7 Å². The van der Waals surface area contributed by atoms with E-state index in [0.29, 0.717) is 0 Å². The third kappa shape index (κ3) is 5.18. The van der Waals surface area contributed by atoms with Crippen LogP contribution < -0.4 is 9.62 Å². The molecule has 1 heterocycles. The summed E-state index contributed by atoms with van der Waals surface area (Å²) in [4.78, 5) is 2.38. The molecular weight excluding hydrogens is 344 g/mol. The van der Waals surface area contributed by atoms with E-state index in [-0.39, 0.29) is 10.8 Å². The fraction of sp³-hybridized carbons (Fsp3) is 0.619. The van der Waals surface area contributed by atoms with E-state index in [9.17, 15) is 4.21 Å². The van der Waals surface area contributed by atoms with Gasteiger partial charge in [-0.05, 0) is 69.7 Å². The van der Waals surface area contributed by atoms with Crippen molar-refractivity contribution >= 4 is 22.7 Å². The van der Waals surface area contributed by atoms with Crippen LogP contribution in [0.1, 0.15) is 57.7 Å². The fourth-order valence-electron chi connectivity index (χ4n) is 3.05. The monoisotopic (exact) mass is 376 g/mol. The highest BCUT2D eigenvalue weighted by atomic mass is 32.2. The van der Waals surface area contributed by atoms with Crippen LogP contribution in [0.25, 0.3) is 6.08 Å². The molecule has 0 bridgehead atoms. The summed E-state index contributed by atoms with van der Waals surface area (Å²) in [6.45, 7) is 11.5. The predicted octanol–water partition coefficient (Wildman–Crippen LogP) is 4.06. The van der Waals surface area contributed by atoms with E-state index in [4.69, 9.17) is 4.74 Å². The molecule has 1 aromatic carbocycles. The number of morpholine rings is 1. The van der Waals surface area contributed by atoms with Gasteiger partial charge in [0.2, 0.25) is 0 Å². The second-order valence-corrected chi connectivity index (χ2v) is 10.3. The minimum Gasteiger partial charge on any atom is -0.378 e. The summed E-state index contributed by atoms with van der Waals surface area (Å²) >= 11 is 0. The van der Waals surface area contributed by atoms with Crippen LogP contribution in [0.4, 0.5) is 5.69 Å². The van der Waals surface area contributed by atoms with Gasteiger partial charge in [-0.25, -0.2) is 8.93 Å². The highest BCUT2D eigenvalue weighted by Gasteiger charge is 2.23. The molecule has 4 nitrogen and oxygen atoms in total. The van der Waals surface area contributed by atoms with Gasteiger partial charge in [-0.3, -0.25) is 0 Å². The van der Waals surface area contributed by atoms with Gasteiger partial charge in [-0.2, -0.15) is 0 Å². The van der Waals surface area contributed by atoms with E-state index < -0.39 is 11.0 Å². The molecule has 1 aliphatic carbocycles. The number of rotatable bonds is 6. The Labute approximate surface area is 160 Å². The summed E-state index contributed by atoms with van der Waals surface area (Å²) < 4.78 is 21.0. The number of allylic oxidation sites excluding steroid dienone is 1. The molecule has 2 fully saturated rings. The van der Waals surface area contributed by atoms with Crippen LogP contribution in [0.5, 0.6) is 0 Å². The number of benzene rings is 1. The summed E-state index contributed by atoms with van der Waals surface area (Å²) in [7, 11) is -1.09. The first-order valence-electron chi connectivity index (χ1n) is 9.67. The molecule has 1 N–H and O–H groups in total. The van der Waals surface area contributed by atoms with Crippen LogP contribution in [0.2, 0.25) is 0 Å². The Hall–Kier alpha value is -1.17. The smallest absolute Gasteiger partial charge is 0.0975 e. The molecule has 3 rings (SSSR count). The number of anilines is 1. The lowest BCUT2D eigenvalue weighted by atomic mass is 10.00. The molecule has 0 amide bonds. The predicted molar refractivity (Wildman–Crippen MR) is 111 cm³/mol. The Morgan fingerprint density at radius 1 is 1.27 bits per heavy atom. The maximum Gasteiger partial charge on any atom is 0.0975 e. The van der Waals surface area contributed by atoms with Crippen molar-refractivity contribution < 1.29 is 8.95 Å². The number of ether oxygens (including phenoxy) is 1. The average Bonchev–Trinajstić information content (AvgIpc) is 3.44. The van der Waals surface area contributed by atoms with E-state index in [2.05, 4.69) is 46.9 Å². The maximum atomic E-state index is 12.5. The van der Waals surface area contributed by atoms with Crippen molar-refractivity contribution in [2.45, 2.75) is 51.3 Å². The molecule has 144 valence electrons. The molecule has 1 unspecified atom stereocenters. The fourth-order valence-corrected chi connectivity index (χ4v) is 3.85. The van der Waals surface area contributed by atoms with Gasteiger partial charge in [-0.15, -0.1) is 0 Å². The van der Waals surface area contributed by atoms with Crippen molar-refractivity contribution in [2.24, 2.45) is 5.92 Å². The lowest BCUT2D eigenvalue weighted by Crippen LogP contribution is -2.36. The number of hydrogen-bond acceptors (Lipinski definition) is 3. The standard InChI is InChI=1S/C21H32N2O2S/c1-16(22-26(24)21(2,3)4)20-10-9-19(23-11-13-25-14-12-23)15-18(20)8-7-17-5-6-17/h7-10,15-17,22H,5-6,11-14H2,1-4H3/b8-7+/t16-,26?/m0/s1. The number of nitrogens with one attached hydrogen (secondary N) is 1. The van der Waals surface area contributed by atoms with E-state index in [1.807, 2.05) is 20.8 Å². The van der Waals surface area contributed by atoms with Crippen LogP contribution in [0.3, 0.4) is 0 Å². The molecule has 2 atom stereocenters. The summed E-state index contributed by atoms with van der Waals surface area (Å²) in [6, 6.07) is 6.69. The number of nitrogens with zero attached hydrogens (tertiary/aromatic N) is 1. The quantitative estimate of drug-likeness (QED) is 0.814. The zero-order valence-corrected chi connectivity index (χ0v) is 17.3. The van der Waals surface area contributed by atoms with Gasteiger partial charge in [0.15, 0.2) is 0 Å². The lowest BCUT2D eigenvalue weighted by Gasteiger charge is -2.30. The second kappa shape index (κ2) is 8.24. The Balaban J connectivity index is 1.83.